The molecule has 3 aromatic rings. The second kappa shape index (κ2) is 9.55. The fraction of sp³-hybridized carbons (Fsp3) is 0.238. The topological polar surface area (TPSA) is 68.2 Å². The van der Waals surface area contributed by atoms with Gasteiger partial charge in [-0.15, -0.1) is 24.0 Å². The van der Waals surface area contributed by atoms with Gasteiger partial charge in [0.05, 0.1) is 12.2 Å². The normalized spacial score (nSPS) is 11.3. The van der Waals surface area contributed by atoms with Crippen molar-refractivity contribution in [3.8, 4) is 11.3 Å². The minimum atomic E-state index is 0. The van der Waals surface area contributed by atoms with Crippen molar-refractivity contribution in [1.29, 1.82) is 0 Å². The molecule has 0 saturated carbocycles. The van der Waals surface area contributed by atoms with Crippen molar-refractivity contribution >= 4 is 35.6 Å². The molecule has 0 aliphatic heterocycles. The van der Waals surface area contributed by atoms with Crippen LogP contribution in [0.3, 0.4) is 0 Å². The van der Waals surface area contributed by atoms with Crippen molar-refractivity contribution in [2.75, 3.05) is 5.32 Å². The number of aromatic nitrogens is 2. The molecule has 0 amide bonds. The highest BCUT2D eigenvalue weighted by molar-refractivity contribution is 14.0. The molecule has 1 aromatic heterocycles. The molecule has 3 rings (SSSR count). The molecule has 2 aromatic carbocycles. The van der Waals surface area contributed by atoms with Crippen molar-refractivity contribution in [3.63, 3.8) is 0 Å². The Bertz CT molecular complexity index is 900. The lowest BCUT2D eigenvalue weighted by Gasteiger charge is -2.10. The third-order valence-electron chi connectivity index (χ3n) is 4.20. The molecule has 1 heterocycles. The fourth-order valence-electron chi connectivity index (χ4n) is 2.83. The molecule has 0 aliphatic rings. The van der Waals surface area contributed by atoms with Gasteiger partial charge in [-0.1, -0.05) is 56.3 Å². The quantitative estimate of drug-likeness (QED) is 0.318. The Morgan fingerprint density at radius 3 is 2.59 bits per heavy atom. The van der Waals surface area contributed by atoms with Crippen LogP contribution in [0.4, 0.5) is 5.69 Å². The minimum absolute atomic E-state index is 0. The lowest BCUT2D eigenvalue weighted by molar-refractivity contribution is 0.769. The van der Waals surface area contributed by atoms with E-state index >= 15 is 0 Å². The van der Waals surface area contributed by atoms with Crippen LogP contribution in [0.25, 0.3) is 11.3 Å². The molecule has 0 spiro atoms. The second-order valence-corrected chi connectivity index (χ2v) is 6.65. The van der Waals surface area contributed by atoms with Crippen LogP contribution in [0, 0.1) is 0 Å². The number of nitrogens with zero attached hydrogens (tertiary/aromatic N) is 3. The number of hydrogen-bond donors (Lipinski definition) is 2. The first-order chi connectivity index (χ1) is 12.5. The largest absolute Gasteiger partial charge is 0.370 e. The number of nitrogens with two attached hydrogens (primary N) is 1. The predicted octanol–water partition coefficient (Wildman–Crippen LogP) is 4.76. The smallest absolute Gasteiger partial charge is 0.193 e. The highest BCUT2D eigenvalue weighted by Crippen LogP contribution is 2.22. The number of hydrogen-bond acceptors (Lipinski definition) is 2. The zero-order chi connectivity index (χ0) is 18.5. The van der Waals surface area contributed by atoms with E-state index in [0.29, 0.717) is 18.4 Å². The number of aryl methyl sites for hydroxylation is 1. The van der Waals surface area contributed by atoms with Gasteiger partial charge in [-0.25, -0.2) is 4.99 Å². The van der Waals surface area contributed by atoms with E-state index in [1.807, 2.05) is 48.3 Å². The summed E-state index contributed by atoms with van der Waals surface area (Å²) in [7, 11) is 1.92. The maximum Gasteiger partial charge on any atom is 0.193 e. The molecular formula is C21H26IN5. The average Bonchev–Trinajstić information content (AvgIpc) is 3.02. The van der Waals surface area contributed by atoms with Gasteiger partial charge in [0.15, 0.2) is 5.96 Å². The minimum Gasteiger partial charge on any atom is -0.370 e. The van der Waals surface area contributed by atoms with Gasteiger partial charge in [-0.2, -0.15) is 5.10 Å². The zero-order valence-corrected chi connectivity index (χ0v) is 18.2. The van der Waals surface area contributed by atoms with Gasteiger partial charge in [0.1, 0.15) is 0 Å². The van der Waals surface area contributed by atoms with Crippen LogP contribution in [0.2, 0.25) is 0 Å². The van der Waals surface area contributed by atoms with Crippen molar-refractivity contribution in [3.05, 3.63) is 71.9 Å². The molecule has 0 radical (unpaired) electrons. The third kappa shape index (κ3) is 5.56. The number of halogens is 1. The number of benzene rings is 2. The van der Waals surface area contributed by atoms with E-state index in [1.54, 1.807) is 0 Å². The Labute approximate surface area is 177 Å². The molecular weight excluding hydrogens is 449 g/mol. The Kier molecular flexibility index (Phi) is 7.41. The van der Waals surface area contributed by atoms with Gasteiger partial charge in [0.2, 0.25) is 0 Å². The van der Waals surface area contributed by atoms with E-state index in [-0.39, 0.29) is 24.0 Å². The summed E-state index contributed by atoms with van der Waals surface area (Å²) in [4.78, 5) is 4.49. The summed E-state index contributed by atoms with van der Waals surface area (Å²) in [6.07, 6.45) is 1.98. The maximum absolute atomic E-state index is 6.09. The molecule has 0 unspecified atom stereocenters. The monoisotopic (exact) mass is 475 g/mol. The third-order valence-corrected chi connectivity index (χ3v) is 4.20. The molecule has 5 nitrogen and oxygen atoms in total. The first-order valence-corrected chi connectivity index (χ1v) is 8.78. The number of aliphatic imine (C=N–C) groups is 1. The van der Waals surface area contributed by atoms with Gasteiger partial charge in [-0.3, -0.25) is 4.68 Å². The zero-order valence-electron chi connectivity index (χ0n) is 15.9. The molecule has 0 fully saturated rings. The average molecular weight is 475 g/mol. The Morgan fingerprint density at radius 2 is 1.89 bits per heavy atom. The lowest BCUT2D eigenvalue weighted by Crippen LogP contribution is -2.22. The molecule has 3 N–H and O–H groups in total. The Balaban J connectivity index is 0.00000261. The van der Waals surface area contributed by atoms with Crippen LogP contribution in [0.15, 0.2) is 65.8 Å². The summed E-state index contributed by atoms with van der Waals surface area (Å²) >= 11 is 0. The van der Waals surface area contributed by atoms with Crippen LogP contribution >= 0.6 is 24.0 Å². The number of nitrogens with one attached hydrogen (secondary N) is 1. The van der Waals surface area contributed by atoms with Crippen molar-refractivity contribution in [1.82, 2.24) is 9.78 Å². The standard InChI is InChI=1S/C21H25N5.HI/c1-15(2)17-10-7-11-19(12-17)24-21(22)23-13-18-14-26(3)25-20(18)16-8-5-4-6-9-16;/h4-12,14-15H,13H2,1-3H3,(H3,22,23,24);1H. The highest BCUT2D eigenvalue weighted by Gasteiger charge is 2.09. The molecule has 142 valence electrons. The van der Waals surface area contributed by atoms with Crippen molar-refractivity contribution in [2.24, 2.45) is 17.8 Å². The van der Waals surface area contributed by atoms with Gasteiger partial charge < -0.3 is 11.1 Å². The second-order valence-electron chi connectivity index (χ2n) is 6.65. The van der Waals surface area contributed by atoms with E-state index in [9.17, 15) is 0 Å². The molecule has 0 saturated heterocycles. The first kappa shape index (κ1) is 21.0. The summed E-state index contributed by atoms with van der Waals surface area (Å²) in [6, 6.07) is 18.4. The molecule has 0 aliphatic carbocycles. The summed E-state index contributed by atoms with van der Waals surface area (Å²) in [5.74, 6) is 0.868. The van der Waals surface area contributed by atoms with E-state index in [2.05, 4.69) is 53.5 Å². The molecule has 0 bridgehead atoms. The predicted molar refractivity (Wildman–Crippen MR) is 124 cm³/mol. The van der Waals surface area contributed by atoms with Crippen molar-refractivity contribution < 1.29 is 0 Å². The summed E-state index contributed by atoms with van der Waals surface area (Å²) in [6.45, 7) is 4.81. The van der Waals surface area contributed by atoms with E-state index in [0.717, 1.165) is 22.5 Å². The molecule has 0 atom stereocenters. The Morgan fingerprint density at radius 1 is 1.15 bits per heavy atom. The number of rotatable bonds is 5. The van der Waals surface area contributed by atoms with Gasteiger partial charge >= 0.3 is 0 Å². The summed E-state index contributed by atoms with van der Waals surface area (Å²) in [5, 5.41) is 7.73. The van der Waals surface area contributed by atoms with Gasteiger partial charge in [0, 0.05) is 30.1 Å². The highest BCUT2D eigenvalue weighted by atomic mass is 127. The summed E-state index contributed by atoms with van der Waals surface area (Å²) in [5.41, 5.74) is 11.4. The number of guanidine groups is 1. The van der Waals surface area contributed by atoms with Gasteiger partial charge in [-0.05, 0) is 23.6 Å². The SMILES string of the molecule is CC(C)c1cccc(NC(N)=NCc2cn(C)nc2-c2ccccc2)c1.I. The fourth-order valence-corrected chi connectivity index (χ4v) is 2.83. The van der Waals surface area contributed by atoms with Gasteiger partial charge in [0.25, 0.3) is 0 Å². The van der Waals surface area contributed by atoms with Crippen LogP contribution in [0.5, 0.6) is 0 Å². The molecule has 27 heavy (non-hydrogen) atoms. The van der Waals surface area contributed by atoms with Crippen LogP contribution in [-0.4, -0.2) is 15.7 Å². The number of anilines is 1. The van der Waals surface area contributed by atoms with E-state index < -0.39 is 0 Å². The lowest BCUT2D eigenvalue weighted by atomic mass is 10.0. The van der Waals surface area contributed by atoms with E-state index in [4.69, 9.17) is 5.73 Å². The Hall–Kier alpha value is -2.35. The van der Waals surface area contributed by atoms with Crippen LogP contribution in [0.1, 0.15) is 30.9 Å². The van der Waals surface area contributed by atoms with Crippen molar-refractivity contribution in [2.45, 2.75) is 26.3 Å². The maximum atomic E-state index is 6.09. The summed E-state index contributed by atoms with van der Waals surface area (Å²) < 4.78 is 1.81. The van der Waals surface area contributed by atoms with E-state index in [1.165, 1.54) is 5.56 Å². The van der Waals surface area contributed by atoms with Crippen LogP contribution < -0.4 is 11.1 Å². The molecule has 6 heteroatoms. The van der Waals surface area contributed by atoms with Crippen LogP contribution in [-0.2, 0) is 13.6 Å². The first-order valence-electron chi connectivity index (χ1n) is 8.78.